The van der Waals surface area contributed by atoms with Crippen molar-refractivity contribution in [3.05, 3.63) is 44.8 Å². The first-order valence-electron chi connectivity index (χ1n) is 20.3. The zero-order chi connectivity index (χ0) is 40.5. The van der Waals surface area contributed by atoms with Gasteiger partial charge in [-0.05, 0) is 104 Å². The molecule has 0 spiro atoms. The fourth-order valence-electron chi connectivity index (χ4n) is 8.15. The van der Waals surface area contributed by atoms with E-state index in [9.17, 15) is 30.6 Å². The second kappa shape index (κ2) is 22.8. The van der Waals surface area contributed by atoms with E-state index >= 15 is 0 Å². The Morgan fingerprint density at radius 3 is 1.34 bits per heavy atom. The van der Waals surface area contributed by atoms with Crippen LogP contribution in [0.25, 0.3) is 0 Å². The first kappa shape index (κ1) is 44.0. The summed E-state index contributed by atoms with van der Waals surface area (Å²) in [6.45, 7) is 6.85. The number of hydrogen-bond donors (Lipinski definition) is 2. The van der Waals surface area contributed by atoms with Crippen molar-refractivity contribution in [3.63, 3.8) is 0 Å². The van der Waals surface area contributed by atoms with Crippen molar-refractivity contribution < 1.29 is 19.1 Å². The number of hydrogen-bond acceptors (Lipinski definition) is 14. The molecule has 0 aromatic rings. The first-order chi connectivity index (χ1) is 27.2. The Morgan fingerprint density at radius 2 is 1.02 bits per heavy atom. The molecular weight excluding hydrogens is 709 g/mol. The highest BCUT2D eigenvalue weighted by Gasteiger charge is 2.36. The normalized spacial score (nSPS) is 21.8. The van der Waals surface area contributed by atoms with Crippen LogP contribution in [0.5, 0.6) is 0 Å². The maximum Gasteiger partial charge on any atom is 0.349 e. The average Bonchev–Trinajstić information content (AvgIpc) is 3.96. The van der Waals surface area contributed by atoms with Gasteiger partial charge in [0.1, 0.15) is 35.4 Å². The zero-order valence-corrected chi connectivity index (χ0v) is 33.9. The van der Waals surface area contributed by atoms with Crippen molar-refractivity contribution >= 4 is 11.9 Å². The highest BCUT2D eigenvalue weighted by molar-refractivity contribution is 5.95. The summed E-state index contributed by atoms with van der Waals surface area (Å²) in [7, 11) is 7.88. The summed E-state index contributed by atoms with van der Waals surface area (Å²) in [5.41, 5.74) is 3.42. The predicted octanol–water partition coefficient (Wildman–Crippen LogP) is 3.65. The molecule has 14 heteroatoms. The molecule has 0 aromatic carbocycles. The Hall–Kier alpha value is -4.70. The van der Waals surface area contributed by atoms with Crippen LogP contribution in [0, 0.1) is 45.3 Å². The van der Waals surface area contributed by atoms with E-state index < -0.39 is 11.9 Å². The number of nitriles is 4. The second-order valence-corrected chi connectivity index (χ2v) is 15.2. The Morgan fingerprint density at radius 1 is 0.643 bits per heavy atom. The molecule has 2 unspecified atom stereocenters. The number of ether oxygens (including phenoxy) is 2. The van der Waals surface area contributed by atoms with Crippen LogP contribution in [0.2, 0.25) is 0 Å². The van der Waals surface area contributed by atoms with Gasteiger partial charge in [0.15, 0.2) is 0 Å². The maximum absolute atomic E-state index is 13.3. The topological polar surface area (TPSA) is 185 Å². The molecule has 2 saturated heterocycles. The Labute approximate surface area is 333 Å². The van der Waals surface area contributed by atoms with Crippen molar-refractivity contribution in [2.45, 2.75) is 89.1 Å². The number of carbonyl (C=O) groups is 2. The van der Waals surface area contributed by atoms with E-state index in [4.69, 9.17) is 9.47 Å². The predicted molar refractivity (Wildman–Crippen MR) is 212 cm³/mol. The number of likely N-dealkylation sites (N-methyl/N-ethyl adjacent to an activating group) is 4. The Bertz CT molecular complexity index is 1570. The third kappa shape index (κ3) is 11.4. The molecule has 0 aromatic heterocycles. The monoisotopic (exact) mass is 768 g/mol. The molecule has 2 heterocycles. The summed E-state index contributed by atoms with van der Waals surface area (Å²) in [5, 5.41) is 47.2. The van der Waals surface area contributed by atoms with Gasteiger partial charge < -0.3 is 39.7 Å². The smallest absolute Gasteiger partial charge is 0.349 e. The Balaban J connectivity index is 1.33. The number of allylic oxidation sites excluding steroid dienone is 2. The van der Waals surface area contributed by atoms with Crippen LogP contribution in [0.4, 0.5) is 0 Å². The van der Waals surface area contributed by atoms with Crippen LogP contribution >= 0.6 is 0 Å². The molecule has 4 rings (SSSR count). The van der Waals surface area contributed by atoms with Gasteiger partial charge >= 0.3 is 11.9 Å². The number of nitrogens with zero attached hydrogens (tertiary/aromatic N) is 8. The van der Waals surface area contributed by atoms with Gasteiger partial charge in [0, 0.05) is 88.7 Å². The van der Waals surface area contributed by atoms with Gasteiger partial charge in [-0.1, -0.05) is 0 Å². The summed E-state index contributed by atoms with van der Waals surface area (Å²) in [4.78, 5) is 35.5. The van der Waals surface area contributed by atoms with Crippen molar-refractivity contribution in [1.29, 1.82) is 21.0 Å². The molecule has 0 bridgehead atoms. The lowest BCUT2D eigenvalue weighted by atomic mass is 9.84. The van der Waals surface area contributed by atoms with E-state index in [1.165, 1.54) is 0 Å². The third-order valence-electron chi connectivity index (χ3n) is 11.5. The molecule has 2 N–H and O–H groups in total. The highest BCUT2D eigenvalue weighted by atomic mass is 16.5. The van der Waals surface area contributed by atoms with Gasteiger partial charge in [-0.2, -0.15) is 21.0 Å². The standard InChI is InChI=1S/C42H60N10O4/c1-47-13-19-49(3)31-23-33(35(27-43)39(25-31)51-15-7-8-16-51)37(29-45)41(53)55-21-11-5-6-12-22-56-42(54)38(30-46)34-24-32(50(4)20-14-48-2)26-40(36(34)28-44)52-17-9-10-18-52/h31-32,47-48H,5-26H2,1-4H3/b37-33+,38-34+. The van der Waals surface area contributed by atoms with E-state index in [0.717, 1.165) is 89.4 Å². The van der Waals surface area contributed by atoms with Crippen LogP contribution in [0.1, 0.15) is 77.0 Å². The number of likely N-dealkylation sites (tertiary alicyclic amines) is 2. The quantitative estimate of drug-likeness (QED) is 0.0840. The molecule has 14 nitrogen and oxygen atoms in total. The van der Waals surface area contributed by atoms with Crippen LogP contribution in [0.3, 0.4) is 0 Å². The van der Waals surface area contributed by atoms with Crippen LogP contribution < -0.4 is 10.6 Å². The average molecular weight is 769 g/mol. The molecular formula is C42H60N10O4. The number of esters is 2. The molecule has 2 aliphatic carbocycles. The molecule has 0 radical (unpaired) electrons. The van der Waals surface area contributed by atoms with Gasteiger partial charge in [0.05, 0.1) is 24.4 Å². The van der Waals surface area contributed by atoms with Gasteiger partial charge in [-0.3, -0.25) is 0 Å². The fourth-order valence-corrected chi connectivity index (χ4v) is 8.15. The van der Waals surface area contributed by atoms with Crippen LogP contribution in [-0.2, 0) is 19.1 Å². The second-order valence-electron chi connectivity index (χ2n) is 15.2. The summed E-state index contributed by atoms with van der Waals surface area (Å²) < 4.78 is 11.2. The summed E-state index contributed by atoms with van der Waals surface area (Å²) in [6, 6.07) is 8.89. The third-order valence-corrected chi connectivity index (χ3v) is 11.5. The maximum atomic E-state index is 13.3. The number of carbonyl (C=O) groups excluding carboxylic acids is 2. The molecule has 302 valence electrons. The lowest BCUT2D eigenvalue weighted by molar-refractivity contribution is -0.140. The zero-order valence-electron chi connectivity index (χ0n) is 33.9. The van der Waals surface area contributed by atoms with Gasteiger partial charge in [0.2, 0.25) is 0 Å². The highest BCUT2D eigenvalue weighted by Crippen LogP contribution is 2.38. The molecule has 2 fully saturated rings. The summed E-state index contributed by atoms with van der Waals surface area (Å²) in [6.07, 6.45) is 8.90. The van der Waals surface area contributed by atoms with Gasteiger partial charge in [-0.15, -0.1) is 0 Å². The van der Waals surface area contributed by atoms with E-state index in [2.05, 4.69) is 54.5 Å². The van der Waals surface area contributed by atoms with E-state index in [0.29, 0.717) is 73.7 Å². The van der Waals surface area contributed by atoms with Crippen molar-refractivity contribution in [3.8, 4) is 24.3 Å². The number of unbranched alkanes of at least 4 members (excludes halogenated alkanes) is 3. The van der Waals surface area contributed by atoms with E-state index in [1.807, 2.05) is 28.2 Å². The molecule has 0 amide bonds. The minimum absolute atomic E-state index is 0.0450. The summed E-state index contributed by atoms with van der Waals surface area (Å²) in [5.74, 6) is -1.42. The minimum atomic E-state index is -0.711. The molecule has 0 saturated carbocycles. The lowest BCUT2D eigenvalue weighted by Gasteiger charge is -2.37. The van der Waals surface area contributed by atoms with Crippen molar-refractivity contribution in [2.75, 3.05) is 93.8 Å². The number of rotatable bonds is 19. The first-order valence-corrected chi connectivity index (χ1v) is 20.3. The van der Waals surface area contributed by atoms with Crippen molar-refractivity contribution in [1.82, 2.24) is 30.2 Å². The van der Waals surface area contributed by atoms with Crippen LogP contribution in [-0.4, -0.2) is 137 Å². The number of nitrogens with one attached hydrogen (secondary N) is 2. The largest absolute Gasteiger partial charge is 0.462 e. The minimum Gasteiger partial charge on any atom is -0.462 e. The van der Waals surface area contributed by atoms with Gasteiger partial charge in [0.25, 0.3) is 0 Å². The lowest BCUT2D eigenvalue weighted by Crippen LogP contribution is -2.41. The SMILES string of the molecule is CNCCN(C)C1CC(N2CCCC2)=C(C#N)/C(=C(\C#N)C(=O)OCCCCCCOC(=O)/C(C#N)=C2\CC(N(C)CCNC)CC(N3CCCC3)=C2C#N)C1. The molecule has 2 aliphatic heterocycles. The van der Waals surface area contributed by atoms with E-state index in [-0.39, 0.29) is 36.4 Å². The van der Waals surface area contributed by atoms with E-state index in [1.54, 1.807) is 0 Å². The van der Waals surface area contributed by atoms with Crippen molar-refractivity contribution in [2.24, 2.45) is 0 Å². The Kier molecular flexibility index (Phi) is 17.9. The fraction of sp³-hybridized carbons (Fsp3) is 0.667. The van der Waals surface area contributed by atoms with Crippen LogP contribution in [0.15, 0.2) is 44.8 Å². The summed E-state index contributed by atoms with van der Waals surface area (Å²) >= 11 is 0. The van der Waals surface area contributed by atoms with Gasteiger partial charge in [-0.25, -0.2) is 9.59 Å². The molecule has 4 aliphatic rings. The molecule has 56 heavy (non-hydrogen) atoms. The molecule has 2 atom stereocenters.